The highest BCUT2D eigenvalue weighted by atomic mass is 16.5. The summed E-state index contributed by atoms with van der Waals surface area (Å²) in [7, 11) is 1.78. The largest absolute Gasteiger partial charge is 0.381 e. The molecule has 1 aliphatic carbocycles. The molecule has 3 rings (SSSR count). The van der Waals surface area contributed by atoms with E-state index in [-0.39, 0.29) is 11.6 Å². The van der Waals surface area contributed by atoms with Gasteiger partial charge in [-0.15, -0.1) is 0 Å². The Morgan fingerprint density at radius 1 is 1.50 bits per heavy atom. The van der Waals surface area contributed by atoms with E-state index in [1.54, 1.807) is 7.11 Å². The van der Waals surface area contributed by atoms with Crippen LogP contribution in [0.1, 0.15) is 36.4 Å². The molecule has 1 aromatic rings. The lowest BCUT2D eigenvalue weighted by Crippen LogP contribution is -2.59. The molecule has 0 radical (unpaired) electrons. The van der Waals surface area contributed by atoms with E-state index in [9.17, 15) is 0 Å². The Hall–Kier alpha value is -1.01. The molecule has 5 heteroatoms. The predicted molar refractivity (Wildman–Crippen MR) is 76.2 cm³/mol. The summed E-state index contributed by atoms with van der Waals surface area (Å²) < 4.78 is 11.4. The fourth-order valence-electron chi connectivity index (χ4n) is 3.76. The zero-order chi connectivity index (χ0) is 14.0. The molecule has 0 amide bonds. The van der Waals surface area contributed by atoms with Crippen LogP contribution >= 0.6 is 0 Å². The number of nitrogens with one attached hydrogen (secondary N) is 1. The molecule has 0 bridgehead atoms. The Labute approximate surface area is 119 Å². The van der Waals surface area contributed by atoms with Crippen molar-refractivity contribution in [2.75, 3.05) is 20.3 Å². The van der Waals surface area contributed by atoms with Gasteiger partial charge in [0, 0.05) is 51.0 Å². The third kappa shape index (κ3) is 2.24. The van der Waals surface area contributed by atoms with E-state index in [1.807, 2.05) is 12.3 Å². The molecular weight excluding hydrogens is 254 g/mol. The summed E-state index contributed by atoms with van der Waals surface area (Å²) in [6.45, 7) is 1.46. The Morgan fingerprint density at radius 2 is 2.30 bits per heavy atom. The first-order chi connectivity index (χ1) is 9.80. The molecule has 0 spiro atoms. The average Bonchev–Trinajstić information content (AvgIpc) is 2.93. The molecule has 0 aromatic carbocycles. The Bertz CT molecular complexity index is 460. The van der Waals surface area contributed by atoms with Gasteiger partial charge in [-0.3, -0.25) is 16.3 Å². The molecule has 3 N–H and O–H groups in total. The number of fused-ring (bicyclic) bond motifs is 1. The quantitative estimate of drug-likeness (QED) is 0.638. The number of rotatable bonds is 4. The first-order valence-electron chi connectivity index (χ1n) is 7.33. The summed E-state index contributed by atoms with van der Waals surface area (Å²) in [5.74, 6) is 6.22. The third-order valence-corrected chi connectivity index (χ3v) is 4.90. The highest BCUT2D eigenvalue weighted by Gasteiger charge is 2.46. The van der Waals surface area contributed by atoms with Crippen LogP contribution in [0.15, 0.2) is 18.3 Å². The second-order valence-corrected chi connectivity index (χ2v) is 5.72. The van der Waals surface area contributed by atoms with Crippen molar-refractivity contribution < 1.29 is 9.47 Å². The molecule has 2 aliphatic rings. The van der Waals surface area contributed by atoms with E-state index in [2.05, 4.69) is 16.5 Å². The minimum Gasteiger partial charge on any atom is -0.381 e. The fourth-order valence-corrected chi connectivity index (χ4v) is 3.76. The molecule has 110 valence electrons. The summed E-state index contributed by atoms with van der Waals surface area (Å²) >= 11 is 0. The van der Waals surface area contributed by atoms with Gasteiger partial charge in [0.15, 0.2) is 0 Å². The number of hydrogen-bond donors (Lipinski definition) is 2. The summed E-state index contributed by atoms with van der Waals surface area (Å²) in [5, 5.41) is 0. The van der Waals surface area contributed by atoms with Crippen LogP contribution in [0.25, 0.3) is 0 Å². The van der Waals surface area contributed by atoms with Gasteiger partial charge in [0.25, 0.3) is 0 Å². The van der Waals surface area contributed by atoms with Gasteiger partial charge in [0.1, 0.15) is 0 Å². The van der Waals surface area contributed by atoms with Crippen LogP contribution in [0.5, 0.6) is 0 Å². The lowest BCUT2D eigenvalue weighted by Gasteiger charge is -2.44. The number of hydrazine groups is 1. The summed E-state index contributed by atoms with van der Waals surface area (Å²) in [5.41, 5.74) is 5.30. The van der Waals surface area contributed by atoms with E-state index < -0.39 is 0 Å². The van der Waals surface area contributed by atoms with E-state index in [0.717, 1.165) is 38.9 Å². The number of ether oxygens (including phenoxy) is 2. The standard InChI is InChI=1S/C15H23N3O2/c1-19-15(6-9-20-10-7-15)14(18-16)12-5-4-11-3-2-8-17-13(11)12/h2-3,8,12,14,18H,4-7,9-10,16H2,1H3. The smallest absolute Gasteiger partial charge is 0.0894 e. The van der Waals surface area contributed by atoms with Crippen molar-refractivity contribution in [3.05, 3.63) is 29.6 Å². The van der Waals surface area contributed by atoms with Crippen LogP contribution in [-0.2, 0) is 15.9 Å². The molecule has 2 unspecified atom stereocenters. The topological polar surface area (TPSA) is 69.4 Å². The molecule has 1 saturated heterocycles. The molecule has 1 aromatic heterocycles. The Kier molecular flexibility index (Phi) is 4.03. The van der Waals surface area contributed by atoms with Gasteiger partial charge in [-0.1, -0.05) is 6.07 Å². The van der Waals surface area contributed by atoms with Crippen LogP contribution in [0.3, 0.4) is 0 Å². The molecule has 5 nitrogen and oxygen atoms in total. The van der Waals surface area contributed by atoms with E-state index in [1.165, 1.54) is 11.3 Å². The van der Waals surface area contributed by atoms with E-state index in [4.69, 9.17) is 15.3 Å². The van der Waals surface area contributed by atoms with Gasteiger partial charge in [0.2, 0.25) is 0 Å². The molecule has 0 saturated carbocycles. The van der Waals surface area contributed by atoms with Crippen LogP contribution in [0, 0.1) is 0 Å². The van der Waals surface area contributed by atoms with Gasteiger partial charge < -0.3 is 9.47 Å². The van der Waals surface area contributed by atoms with Crippen molar-refractivity contribution in [2.45, 2.75) is 43.2 Å². The summed E-state index contributed by atoms with van der Waals surface area (Å²) in [6, 6.07) is 4.25. The number of hydrogen-bond acceptors (Lipinski definition) is 5. The summed E-state index contributed by atoms with van der Waals surface area (Å²) in [4.78, 5) is 4.59. The van der Waals surface area contributed by atoms with Crippen molar-refractivity contribution in [2.24, 2.45) is 5.84 Å². The highest BCUT2D eigenvalue weighted by molar-refractivity contribution is 5.31. The monoisotopic (exact) mass is 277 g/mol. The molecule has 1 aliphatic heterocycles. The maximum atomic E-state index is 5.91. The predicted octanol–water partition coefficient (Wildman–Crippen LogP) is 1.14. The molecular formula is C15H23N3O2. The normalized spacial score (nSPS) is 26.2. The molecule has 20 heavy (non-hydrogen) atoms. The fraction of sp³-hybridized carbons (Fsp3) is 0.667. The maximum Gasteiger partial charge on any atom is 0.0894 e. The third-order valence-electron chi connectivity index (χ3n) is 4.90. The second-order valence-electron chi connectivity index (χ2n) is 5.72. The van der Waals surface area contributed by atoms with Crippen molar-refractivity contribution >= 4 is 0 Å². The number of pyridine rings is 1. The summed E-state index contributed by atoms with van der Waals surface area (Å²) in [6.07, 6.45) is 5.76. The minimum absolute atomic E-state index is 0.0764. The van der Waals surface area contributed by atoms with Gasteiger partial charge in [-0.25, -0.2) is 0 Å². The van der Waals surface area contributed by atoms with Gasteiger partial charge >= 0.3 is 0 Å². The maximum absolute atomic E-state index is 5.91. The van der Waals surface area contributed by atoms with Crippen molar-refractivity contribution in [3.63, 3.8) is 0 Å². The Balaban J connectivity index is 1.90. The van der Waals surface area contributed by atoms with E-state index in [0.29, 0.717) is 5.92 Å². The first kappa shape index (κ1) is 13.9. The lowest BCUT2D eigenvalue weighted by atomic mass is 9.78. The SMILES string of the molecule is COC1(C(NN)C2CCc3cccnc32)CCOCC1. The average molecular weight is 277 g/mol. The van der Waals surface area contributed by atoms with Crippen molar-refractivity contribution in [1.29, 1.82) is 0 Å². The zero-order valence-corrected chi connectivity index (χ0v) is 12.0. The number of nitrogens with zero attached hydrogens (tertiary/aromatic N) is 1. The number of methoxy groups -OCH3 is 1. The second kappa shape index (κ2) is 5.77. The van der Waals surface area contributed by atoms with Crippen LogP contribution in [-0.4, -0.2) is 37.0 Å². The van der Waals surface area contributed by atoms with Crippen LogP contribution in [0.2, 0.25) is 0 Å². The van der Waals surface area contributed by atoms with Gasteiger partial charge in [-0.05, 0) is 24.5 Å². The van der Waals surface area contributed by atoms with E-state index >= 15 is 0 Å². The minimum atomic E-state index is -0.253. The van der Waals surface area contributed by atoms with Crippen molar-refractivity contribution in [3.8, 4) is 0 Å². The molecule has 2 heterocycles. The van der Waals surface area contributed by atoms with Crippen LogP contribution in [0.4, 0.5) is 0 Å². The number of nitrogens with two attached hydrogens (primary N) is 1. The number of aryl methyl sites for hydroxylation is 1. The number of aromatic nitrogens is 1. The van der Waals surface area contributed by atoms with Gasteiger partial charge in [-0.2, -0.15) is 0 Å². The molecule has 1 fully saturated rings. The molecule has 2 atom stereocenters. The lowest BCUT2D eigenvalue weighted by molar-refractivity contribution is -0.115. The van der Waals surface area contributed by atoms with Gasteiger partial charge in [0.05, 0.1) is 11.6 Å². The van der Waals surface area contributed by atoms with Crippen LogP contribution < -0.4 is 11.3 Å². The Morgan fingerprint density at radius 3 is 3.00 bits per heavy atom. The van der Waals surface area contributed by atoms with Crippen molar-refractivity contribution in [1.82, 2.24) is 10.4 Å². The highest BCUT2D eigenvalue weighted by Crippen LogP contribution is 2.41. The zero-order valence-electron chi connectivity index (χ0n) is 12.0. The first-order valence-corrected chi connectivity index (χ1v) is 7.33.